The van der Waals surface area contributed by atoms with E-state index < -0.39 is 0 Å². The summed E-state index contributed by atoms with van der Waals surface area (Å²) in [4.78, 5) is 10.8. The molecular weight excluding hydrogens is 142 g/mol. The van der Waals surface area contributed by atoms with Gasteiger partial charge in [-0.2, -0.15) is 0 Å². The second-order valence-electron chi connectivity index (χ2n) is 3.15. The Balaban J connectivity index is 3.61. The van der Waals surface area contributed by atoms with Crippen LogP contribution in [0.3, 0.4) is 0 Å². The number of hydrogen-bond donors (Lipinski definition) is 2. The summed E-state index contributed by atoms with van der Waals surface area (Å²) in [5, 5.41) is 11.7. The van der Waals surface area contributed by atoms with E-state index in [1.54, 1.807) is 0 Å². The van der Waals surface area contributed by atoms with Crippen LogP contribution in [0.1, 0.15) is 20.8 Å². The van der Waals surface area contributed by atoms with Crippen molar-refractivity contribution in [1.82, 2.24) is 5.32 Å². The fourth-order valence-corrected chi connectivity index (χ4v) is 0.715. The molecule has 0 radical (unpaired) electrons. The molecule has 0 aliphatic rings. The second-order valence-corrected chi connectivity index (χ2v) is 3.15. The van der Waals surface area contributed by atoms with Crippen LogP contribution in [0.25, 0.3) is 0 Å². The number of carbonyl (C=O) groups is 1. The maximum atomic E-state index is 10.8. The first kappa shape index (κ1) is 10.6. The van der Waals surface area contributed by atoms with E-state index in [9.17, 15) is 4.79 Å². The van der Waals surface area contributed by atoms with Crippen molar-refractivity contribution < 1.29 is 9.90 Å². The average Bonchev–Trinajstić information content (AvgIpc) is 1.87. The van der Waals surface area contributed by atoms with Crippen molar-refractivity contribution >= 4 is 5.78 Å². The Kier molecular flexibility index (Phi) is 5.07. The Hall–Kier alpha value is -0.410. The van der Waals surface area contributed by atoms with Crippen molar-refractivity contribution in [2.45, 2.75) is 26.8 Å². The molecule has 0 aliphatic heterocycles. The third-order valence-corrected chi connectivity index (χ3v) is 1.45. The summed E-state index contributed by atoms with van der Waals surface area (Å²) in [7, 11) is 0. The van der Waals surface area contributed by atoms with Crippen molar-refractivity contribution in [3.8, 4) is 0 Å². The van der Waals surface area contributed by atoms with Gasteiger partial charge in [-0.1, -0.05) is 13.8 Å². The molecule has 0 saturated heterocycles. The Morgan fingerprint density at radius 1 is 1.55 bits per heavy atom. The molecule has 66 valence electrons. The number of aliphatic hydroxyl groups is 1. The summed E-state index contributed by atoms with van der Waals surface area (Å²) in [6.07, 6.45) is 0. The summed E-state index contributed by atoms with van der Waals surface area (Å²) < 4.78 is 0. The number of nitrogens with one attached hydrogen (secondary N) is 1. The van der Waals surface area contributed by atoms with Crippen LogP contribution in [0.5, 0.6) is 0 Å². The number of Topliss-reactive ketones (excluding diaryl/α,β-unsaturated/α-hetero) is 1. The second kappa shape index (κ2) is 5.27. The van der Waals surface area contributed by atoms with Gasteiger partial charge in [0, 0.05) is 0 Å². The maximum absolute atomic E-state index is 10.8. The summed E-state index contributed by atoms with van der Waals surface area (Å²) >= 11 is 0. The third-order valence-electron chi connectivity index (χ3n) is 1.45. The molecule has 11 heavy (non-hydrogen) atoms. The van der Waals surface area contributed by atoms with Crippen LogP contribution in [0.4, 0.5) is 0 Å². The monoisotopic (exact) mass is 159 g/mol. The summed E-state index contributed by atoms with van der Waals surface area (Å²) in [5.41, 5.74) is 0. The van der Waals surface area contributed by atoms with Gasteiger partial charge < -0.3 is 10.4 Å². The van der Waals surface area contributed by atoms with Gasteiger partial charge in [-0.3, -0.25) is 4.79 Å². The highest BCUT2D eigenvalue weighted by molar-refractivity contribution is 5.81. The molecule has 3 heteroatoms. The number of ketones is 1. The van der Waals surface area contributed by atoms with Crippen LogP contribution in [0, 0.1) is 5.92 Å². The molecule has 0 heterocycles. The molecule has 0 fully saturated rings. The van der Waals surface area contributed by atoms with Gasteiger partial charge in [0.25, 0.3) is 0 Å². The number of hydrogen-bond acceptors (Lipinski definition) is 3. The lowest BCUT2D eigenvalue weighted by Crippen LogP contribution is -2.40. The van der Waals surface area contributed by atoms with E-state index in [0.717, 1.165) is 6.54 Å². The highest BCUT2D eigenvalue weighted by atomic mass is 16.3. The van der Waals surface area contributed by atoms with Crippen molar-refractivity contribution in [2.24, 2.45) is 5.92 Å². The predicted molar refractivity (Wildman–Crippen MR) is 44.4 cm³/mol. The molecule has 0 amide bonds. The third kappa shape index (κ3) is 4.93. The van der Waals surface area contributed by atoms with Gasteiger partial charge in [-0.15, -0.1) is 0 Å². The molecule has 0 aromatic rings. The molecule has 1 atom stereocenters. The lowest BCUT2D eigenvalue weighted by molar-refractivity contribution is -0.119. The van der Waals surface area contributed by atoms with Crippen molar-refractivity contribution in [2.75, 3.05) is 13.2 Å². The van der Waals surface area contributed by atoms with E-state index in [1.807, 2.05) is 0 Å². The molecule has 0 saturated carbocycles. The van der Waals surface area contributed by atoms with Gasteiger partial charge in [0.15, 0.2) is 0 Å². The van der Waals surface area contributed by atoms with Crippen molar-refractivity contribution in [3.63, 3.8) is 0 Å². The molecular formula is C8H17NO2. The average molecular weight is 159 g/mol. The van der Waals surface area contributed by atoms with Crippen LogP contribution < -0.4 is 5.32 Å². The number of rotatable bonds is 5. The van der Waals surface area contributed by atoms with Crippen molar-refractivity contribution in [3.05, 3.63) is 0 Å². The molecule has 0 rings (SSSR count). The Morgan fingerprint density at radius 3 is 2.36 bits per heavy atom. The van der Waals surface area contributed by atoms with Crippen LogP contribution in [-0.4, -0.2) is 30.1 Å². The first-order chi connectivity index (χ1) is 5.07. The zero-order valence-electron chi connectivity index (χ0n) is 7.42. The highest BCUT2D eigenvalue weighted by Gasteiger charge is 2.11. The standard InChI is InChI=1S/C8H17NO2/c1-6(2)4-9-8(5-10)7(3)11/h6,8-10H,4-5H2,1-3H3/t8-/m0/s1. The molecule has 0 aliphatic carbocycles. The van der Waals surface area contributed by atoms with Gasteiger partial charge in [-0.05, 0) is 19.4 Å². The molecule has 0 spiro atoms. The SMILES string of the molecule is CC(=O)[C@H](CO)NCC(C)C. The smallest absolute Gasteiger partial charge is 0.149 e. The zero-order valence-corrected chi connectivity index (χ0v) is 7.42. The van der Waals surface area contributed by atoms with E-state index in [2.05, 4.69) is 19.2 Å². The van der Waals surface area contributed by atoms with Crippen LogP contribution >= 0.6 is 0 Å². The van der Waals surface area contributed by atoms with Crippen molar-refractivity contribution in [1.29, 1.82) is 0 Å². The summed E-state index contributed by atoms with van der Waals surface area (Å²) in [6.45, 7) is 6.25. The molecule has 2 N–H and O–H groups in total. The Labute approximate surface area is 67.8 Å². The minimum atomic E-state index is -0.377. The van der Waals surface area contributed by atoms with Gasteiger partial charge in [0.05, 0.1) is 12.6 Å². The van der Waals surface area contributed by atoms with E-state index in [0.29, 0.717) is 5.92 Å². The minimum Gasteiger partial charge on any atom is -0.394 e. The van der Waals surface area contributed by atoms with E-state index in [-0.39, 0.29) is 18.4 Å². The lowest BCUT2D eigenvalue weighted by atomic mass is 10.2. The maximum Gasteiger partial charge on any atom is 0.149 e. The van der Waals surface area contributed by atoms with Gasteiger partial charge in [0.1, 0.15) is 5.78 Å². The summed E-state index contributed by atoms with van der Waals surface area (Å²) in [5.74, 6) is 0.497. The normalized spacial score (nSPS) is 13.5. The van der Waals surface area contributed by atoms with Crippen LogP contribution in [0.15, 0.2) is 0 Å². The predicted octanol–water partition coefficient (Wildman–Crippen LogP) is 0.182. The highest BCUT2D eigenvalue weighted by Crippen LogP contribution is 1.90. The number of aliphatic hydroxyl groups excluding tert-OH is 1. The zero-order chi connectivity index (χ0) is 8.85. The van der Waals surface area contributed by atoms with E-state index >= 15 is 0 Å². The molecule has 3 nitrogen and oxygen atoms in total. The topological polar surface area (TPSA) is 49.3 Å². The first-order valence-corrected chi connectivity index (χ1v) is 3.92. The van der Waals surface area contributed by atoms with E-state index in [4.69, 9.17) is 5.11 Å². The van der Waals surface area contributed by atoms with Gasteiger partial charge >= 0.3 is 0 Å². The number of carbonyl (C=O) groups excluding carboxylic acids is 1. The van der Waals surface area contributed by atoms with Crippen LogP contribution in [0.2, 0.25) is 0 Å². The van der Waals surface area contributed by atoms with Crippen LogP contribution in [-0.2, 0) is 4.79 Å². The fraction of sp³-hybridized carbons (Fsp3) is 0.875. The lowest BCUT2D eigenvalue weighted by Gasteiger charge is -2.14. The van der Waals surface area contributed by atoms with Gasteiger partial charge in [0.2, 0.25) is 0 Å². The van der Waals surface area contributed by atoms with E-state index in [1.165, 1.54) is 6.92 Å². The Morgan fingerprint density at radius 2 is 2.09 bits per heavy atom. The minimum absolute atomic E-state index is 0.00634. The Bertz CT molecular complexity index is 123. The molecule has 0 bridgehead atoms. The fourth-order valence-electron chi connectivity index (χ4n) is 0.715. The molecule has 0 unspecified atom stereocenters. The largest absolute Gasteiger partial charge is 0.394 e. The first-order valence-electron chi connectivity index (χ1n) is 3.92. The molecule has 0 aromatic carbocycles. The summed E-state index contributed by atoms with van der Waals surface area (Å²) in [6, 6.07) is -0.377. The quantitative estimate of drug-likeness (QED) is 0.601. The molecule has 0 aromatic heterocycles. The van der Waals surface area contributed by atoms with Gasteiger partial charge in [-0.25, -0.2) is 0 Å².